The average Bonchev–Trinajstić information content (AvgIpc) is 1.57. The zero-order chi connectivity index (χ0) is 82.0. The van der Waals surface area contributed by atoms with Gasteiger partial charge in [0.05, 0.1) is 22.4 Å². The molecule has 8 heterocycles. The monoisotopic (exact) mass is 1620 g/mol. The van der Waals surface area contributed by atoms with Gasteiger partial charge in [0, 0.05) is 118 Å². The lowest BCUT2D eigenvalue weighted by molar-refractivity contribution is 0.979. The Bertz CT molecular complexity index is 8180. The second-order valence-electron chi connectivity index (χ2n) is 30.9. The van der Waals surface area contributed by atoms with Crippen molar-refractivity contribution in [2.45, 2.75) is 0 Å². The third-order valence-electron chi connectivity index (χ3n) is 23.4. The second-order valence-corrected chi connectivity index (χ2v) is 33.0. The van der Waals surface area contributed by atoms with Crippen LogP contribution in [0.15, 0.2) is 425 Å². The van der Waals surface area contributed by atoms with Gasteiger partial charge in [0.15, 0.2) is 34.9 Å². The van der Waals surface area contributed by atoms with Crippen molar-refractivity contribution in [3.05, 3.63) is 425 Å². The maximum absolute atomic E-state index is 5.44. The average molecular weight is 1620 g/mol. The first-order valence-electron chi connectivity index (χ1n) is 41.4. The van der Waals surface area contributed by atoms with Crippen LogP contribution in [0.2, 0.25) is 0 Å². The molecule has 16 aromatic carbocycles. The van der Waals surface area contributed by atoms with Crippen molar-refractivity contribution in [3.8, 4) is 158 Å². The summed E-state index contributed by atoms with van der Waals surface area (Å²) in [5.74, 6) is 3.70. The molecule has 124 heavy (non-hydrogen) atoms. The van der Waals surface area contributed by atoms with Crippen LogP contribution in [0.1, 0.15) is 0 Å². The number of pyridine rings is 2. The molecule has 0 aliphatic rings. The number of thiophene rings is 2. The highest BCUT2D eigenvalue weighted by molar-refractivity contribution is 7.26. The first kappa shape index (κ1) is 73.1. The molecule has 0 saturated heterocycles. The lowest BCUT2D eigenvalue weighted by atomic mass is 9.96. The molecule has 580 valence electrons. The molecule has 0 spiro atoms. The summed E-state index contributed by atoms with van der Waals surface area (Å²) in [5.41, 5.74) is 24.8. The van der Waals surface area contributed by atoms with Crippen molar-refractivity contribution in [2.75, 3.05) is 0 Å². The molecule has 0 amide bonds. The first-order valence-corrected chi connectivity index (χ1v) is 43.1. The van der Waals surface area contributed by atoms with Gasteiger partial charge >= 0.3 is 0 Å². The fraction of sp³-hybridized carbons (Fsp3) is 0. The zero-order valence-electron chi connectivity index (χ0n) is 66.7. The minimum absolute atomic E-state index is 0.604. The van der Waals surface area contributed by atoms with Crippen LogP contribution in [0.3, 0.4) is 0 Å². The van der Waals surface area contributed by atoms with Crippen molar-refractivity contribution >= 4 is 95.6 Å². The summed E-state index contributed by atoms with van der Waals surface area (Å²) in [6.07, 6.45) is 0. The minimum atomic E-state index is 0.604. The third-order valence-corrected chi connectivity index (χ3v) is 25.6. The van der Waals surface area contributed by atoms with E-state index in [-0.39, 0.29) is 0 Å². The minimum Gasteiger partial charge on any atom is -0.231 e. The molecule has 0 saturated carbocycles. The van der Waals surface area contributed by atoms with E-state index in [2.05, 4.69) is 373 Å². The smallest absolute Gasteiger partial charge is 0.164 e. The van der Waals surface area contributed by atoms with Gasteiger partial charge in [-0.2, -0.15) is 10.2 Å². The van der Waals surface area contributed by atoms with Crippen LogP contribution in [-0.2, 0) is 0 Å². The van der Waals surface area contributed by atoms with Crippen LogP contribution in [-0.4, -0.2) is 49.1 Å². The van der Waals surface area contributed by atoms with Crippen LogP contribution in [0, 0.1) is 0 Å². The number of rotatable bonds is 14. The Morgan fingerprint density at radius 1 is 0.185 bits per heavy atom. The molecule has 24 rings (SSSR count). The predicted molar refractivity (Wildman–Crippen MR) is 514 cm³/mol. The number of hydrogen-bond donors (Lipinski definition) is 0. The molecular weight excluding hydrogens is 1550 g/mol. The summed E-state index contributed by atoms with van der Waals surface area (Å²) in [5, 5.41) is 20.6. The molecule has 0 aliphatic carbocycles. The fourth-order valence-electron chi connectivity index (χ4n) is 17.5. The Balaban J connectivity index is 0.000000143. The molecule has 0 fully saturated rings. The van der Waals surface area contributed by atoms with Gasteiger partial charge in [0.25, 0.3) is 0 Å². The Morgan fingerprint density at radius 3 is 0.855 bits per heavy atom. The van der Waals surface area contributed by atoms with Gasteiger partial charge in [-0.1, -0.05) is 382 Å². The SMILES string of the molecule is c1ccc(-c2nc(-c3ccc(-c4nn5c(-c6ccccc6)cc6ccccc6c5c4-c4ccccc4)cc3)nc(-c3ccc(-c4cccc5sc6ccccc6c45)cc3)n2)cc1.c1ccc(-c2nc(-c3ccc(-c4nn5c(-c6ccccc6)cc6ccccc6c5c4-c4ccccc4)cc3)nc(-c3cccc(-c4cccc5sc6ccccc6c45)c3)n2)cc1. The van der Waals surface area contributed by atoms with Crippen molar-refractivity contribution in [1.82, 2.24) is 49.1 Å². The highest BCUT2D eigenvalue weighted by Crippen LogP contribution is 2.47. The van der Waals surface area contributed by atoms with E-state index in [1.165, 1.54) is 62.2 Å². The van der Waals surface area contributed by atoms with Gasteiger partial charge in [0.2, 0.25) is 0 Å². The van der Waals surface area contributed by atoms with Gasteiger partial charge in [0.1, 0.15) is 11.4 Å². The van der Waals surface area contributed by atoms with Gasteiger partial charge in [-0.15, -0.1) is 22.7 Å². The second kappa shape index (κ2) is 31.2. The fourth-order valence-corrected chi connectivity index (χ4v) is 19.7. The third kappa shape index (κ3) is 13.3. The number of benzene rings is 16. The number of aromatic nitrogens is 10. The van der Waals surface area contributed by atoms with E-state index >= 15 is 0 Å². The van der Waals surface area contributed by atoms with Crippen LogP contribution in [0.5, 0.6) is 0 Å². The maximum atomic E-state index is 5.44. The highest BCUT2D eigenvalue weighted by Gasteiger charge is 2.26. The molecule has 10 nitrogen and oxygen atoms in total. The molecule has 0 N–H and O–H groups in total. The molecule has 12 heteroatoms. The van der Waals surface area contributed by atoms with Crippen molar-refractivity contribution < 1.29 is 0 Å². The van der Waals surface area contributed by atoms with E-state index in [4.69, 9.17) is 40.1 Å². The van der Waals surface area contributed by atoms with E-state index in [9.17, 15) is 0 Å². The molecular formula is C112H70N10S2. The summed E-state index contributed by atoms with van der Waals surface area (Å²) in [6, 6.07) is 149. The predicted octanol–water partition coefficient (Wildman–Crippen LogP) is 29.4. The quantitative estimate of drug-likeness (QED) is 0.106. The van der Waals surface area contributed by atoms with Gasteiger partial charge in [-0.25, -0.2) is 38.9 Å². The van der Waals surface area contributed by atoms with E-state index < -0.39 is 0 Å². The number of nitrogens with zero attached hydrogens (tertiary/aromatic N) is 10. The maximum Gasteiger partial charge on any atom is 0.164 e. The summed E-state index contributed by atoms with van der Waals surface area (Å²) in [4.78, 5) is 30.6. The van der Waals surface area contributed by atoms with Crippen LogP contribution < -0.4 is 0 Å². The number of hydrogen-bond acceptors (Lipinski definition) is 10. The molecule has 0 unspecified atom stereocenters. The Labute approximate surface area is 722 Å². The highest BCUT2D eigenvalue weighted by atomic mass is 32.1. The summed E-state index contributed by atoms with van der Waals surface area (Å²) in [6.45, 7) is 0. The lowest BCUT2D eigenvalue weighted by Gasteiger charge is -2.11. The van der Waals surface area contributed by atoms with Gasteiger partial charge in [-0.3, -0.25) is 0 Å². The Kier molecular flexibility index (Phi) is 18.4. The normalized spacial score (nSPS) is 11.5. The summed E-state index contributed by atoms with van der Waals surface area (Å²) < 4.78 is 9.40. The van der Waals surface area contributed by atoms with Gasteiger partial charge < -0.3 is 0 Å². The summed E-state index contributed by atoms with van der Waals surface area (Å²) >= 11 is 3.67. The number of fused-ring (bicyclic) bond motifs is 12. The zero-order valence-corrected chi connectivity index (χ0v) is 68.3. The first-order chi connectivity index (χ1) is 61.5. The van der Waals surface area contributed by atoms with Crippen LogP contribution in [0.25, 0.3) is 231 Å². The van der Waals surface area contributed by atoms with E-state index in [0.29, 0.717) is 34.9 Å². The van der Waals surface area contributed by atoms with E-state index in [0.717, 1.165) is 134 Å². The largest absolute Gasteiger partial charge is 0.231 e. The van der Waals surface area contributed by atoms with Crippen LogP contribution >= 0.6 is 22.7 Å². The molecule has 0 radical (unpaired) electrons. The molecule has 0 bridgehead atoms. The summed E-state index contributed by atoms with van der Waals surface area (Å²) in [7, 11) is 0. The molecule has 0 aliphatic heterocycles. The van der Waals surface area contributed by atoms with E-state index in [1.807, 2.05) is 83.3 Å². The topological polar surface area (TPSA) is 112 Å². The lowest BCUT2D eigenvalue weighted by Crippen LogP contribution is -2.00. The van der Waals surface area contributed by atoms with Gasteiger partial charge in [-0.05, 0) is 86.6 Å². The Hall–Kier alpha value is -16.1. The van der Waals surface area contributed by atoms with E-state index in [1.54, 1.807) is 0 Å². The van der Waals surface area contributed by atoms with Crippen molar-refractivity contribution in [1.29, 1.82) is 0 Å². The Morgan fingerprint density at radius 2 is 0.460 bits per heavy atom. The standard InChI is InChI=1S/2C56H35N5S/c1-4-16-36(17-5-1)47-35-42-22-10-11-25-45(42)53-50(37-18-6-2-7-19-37)52(60-61(47)53)38-30-32-40(33-31-38)55-57-54(39-20-8-3-9-21-39)58-56(59-55)43-24-14-23-41(34-43)44-27-15-29-49-51(44)46-26-12-13-28-48(46)62-49;1-4-15-37(16-5-1)47-35-43-21-10-11-22-45(43)53-50(38-17-6-2-7-18-38)52(60-61(47)53)39-29-33-42(34-30-39)56-58-54(40-19-8-3-9-20-40)57-55(59-56)41-31-27-36(28-32-41)44-24-14-26-49-51(44)46-23-12-13-25-48(46)62-49/h2*1-35H. The van der Waals surface area contributed by atoms with Crippen LogP contribution in [0.4, 0.5) is 0 Å². The van der Waals surface area contributed by atoms with Crippen molar-refractivity contribution in [2.24, 2.45) is 0 Å². The molecule has 0 atom stereocenters. The van der Waals surface area contributed by atoms with Crippen molar-refractivity contribution in [3.63, 3.8) is 0 Å². The molecule has 8 aromatic heterocycles. The molecule has 24 aromatic rings.